The highest BCUT2D eigenvalue weighted by Gasteiger charge is 2.11. The van der Waals surface area contributed by atoms with Crippen LogP contribution in [0.1, 0.15) is 37.9 Å². The van der Waals surface area contributed by atoms with Crippen molar-refractivity contribution >= 4 is 0 Å². The second-order valence-corrected chi connectivity index (χ2v) is 4.70. The average molecular weight is 222 g/mol. The number of imidazole rings is 1. The van der Waals surface area contributed by atoms with Gasteiger partial charge in [0.15, 0.2) is 0 Å². The first kappa shape index (κ1) is 11.6. The third kappa shape index (κ3) is 2.83. The van der Waals surface area contributed by atoms with E-state index in [0.717, 1.165) is 12.2 Å². The highest BCUT2D eigenvalue weighted by molar-refractivity contribution is 5.02. The molecule has 4 nitrogen and oxygen atoms in total. The van der Waals surface area contributed by atoms with Crippen molar-refractivity contribution in [3.8, 4) is 0 Å². The van der Waals surface area contributed by atoms with Crippen LogP contribution in [0.25, 0.3) is 0 Å². The molecule has 2 N–H and O–H groups in total. The summed E-state index contributed by atoms with van der Waals surface area (Å²) in [5.74, 6) is 0. The fraction of sp³-hybridized carbons (Fsp3) is 0.750. The third-order valence-electron chi connectivity index (χ3n) is 3.28. The van der Waals surface area contributed by atoms with E-state index in [1.54, 1.807) is 0 Å². The zero-order valence-corrected chi connectivity index (χ0v) is 10.1. The monoisotopic (exact) mass is 222 g/mol. The van der Waals surface area contributed by atoms with Crippen LogP contribution in [0.5, 0.6) is 0 Å². The average Bonchev–Trinajstić information content (AvgIpc) is 2.87. The molecule has 1 aliphatic heterocycles. The zero-order valence-electron chi connectivity index (χ0n) is 10.1. The van der Waals surface area contributed by atoms with Gasteiger partial charge in [0, 0.05) is 18.8 Å². The third-order valence-corrected chi connectivity index (χ3v) is 3.28. The Morgan fingerprint density at radius 2 is 2.12 bits per heavy atom. The fourth-order valence-electron chi connectivity index (χ4n) is 2.37. The maximum absolute atomic E-state index is 5.88. The molecule has 0 amide bonds. The molecule has 1 aromatic rings. The maximum Gasteiger partial charge on any atom is 0.0948 e. The van der Waals surface area contributed by atoms with Crippen molar-refractivity contribution in [1.29, 1.82) is 0 Å². The van der Waals surface area contributed by atoms with E-state index in [-0.39, 0.29) is 6.04 Å². The Hall–Kier alpha value is -0.870. The number of aromatic nitrogens is 2. The van der Waals surface area contributed by atoms with Gasteiger partial charge in [0.1, 0.15) is 0 Å². The van der Waals surface area contributed by atoms with Crippen LogP contribution in [-0.2, 0) is 6.54 Å². The highest BCUT2D eigenvalue weighted by atomic mass is 15.1. The maximum atomic E-state index is 5.88. The van der Waals surface area contributed by atoms with E-state index in [4.69, 9.17) is 5.73 Å². The SMILES string of the molecule is C[C@@H](N)c1cncn1CCCN1CCCC1. The molecule has 0 aromatic carbocycles. The van der Waals surface area contributed by atoms with Gasteiger partial charge in [-0.3, -0.25) is 0 Å². The van der Waals surface area contributed by atoms with Gasteiger partial charge in [-0.2, -0.15) is 0 Å². The molecule has 1 fully saturated rings. The molecule has 4 heteroatoms. The van der Waals surface area contributed by atoms with Crippen LogP contribution in [0.15, 0.2) is 12.5 Å². The second-order valence-electron chi connectivity index (χ2n) is 4.70. The van der Waals surface area contributed by atoms with Crippen molar-refractivity contribution in [3.05, 3.63) is 18.2 Å². The van der Waals surface area contributed by atoms with Crippen molar-refractivity contribution in [2.75, 3.05) is 19.6 Å². The molecule has 1 saturated heterocycles. The lowest BCUT2D eigenvalue weighted by atomic mass is 10.2. The molecule has 0 aliphatic carbocycles. The van der Waals surface area contributed by atoms with Gasteiger partial charge in [0.05, 0.1) is 12.0 Å². The van der Waals surface area contributed by atoms with E-state index in [9.17, 15) is 0 Å². The number of rotatable bonds is 5. The fourth-order valence-corrected chi connectivity index (χ4v) is 2.37. The summed E-state index contributed by atoms with van der Waals surface area (Å²) in [6.45, 7) is 6.81. The Kier molecular flexibility index (Phi) is 3.96. The largest absolute Gasteiger partial charge is 0.333 e. The van der Waals surface area contributed by atoms with Gasteiger partial charge in [0.25, 0.3) is 0 Å². The summed E-state index contributed by atoms with van der Waals surface area (Å²) < 4.78 is 2.18. The number of likely N-dealkylation sites (tertiary alicyclic amines) is 1. The zero-order chi connectivity index (χ0) is 11.4. The summed E-state index contributed by atoms with van der Waals surface area (Å²) in [4.78, 5) is 6.71. The molecule has 0 bridgehead atoms. The van der Waals surface area contributed by atoms with Crippen LogP contribution in [0, 0.1) is 0 Å². The van der Waals surface area contributed by atoms with Gasteiger partial charge < -0.3 is 15.2 Å². The minimum absolute atomic E-state index is 0.0780. The molecule has 2 heterocycles. The normalized spacial score (nSPS) is 19.1. The highest BCUT2D eigenvalue weighted by Crippen LogP contribution is 2.11. The molecule has 1 atom stereocenters. The summed E-state index contributed by atoms with van der Waals surface area (Å²) in [6, 6.07) is 0.0780. The van der Waals surface area contributed by atoms with Crippen molar-refractivity contribution < 1.29 is 0 Å². The summed E-state index contributed by atoms with van der Waals surface area (Å²) in [7, 11) is 0. The predicted octanol–water partition coefficient (Wildman–Crippen LogP) is 1.39. The van der Waals surface area contributed by atoms with Crippen LogP contribution in [0.3, 0.4) is 0 Å². The quantitative estimate of drug-likeness (QED) is 0.819. The van der Waals surface area contributed by atoms with Crippen molar-refractivity contribution in [2.45, 2.75) is 38.8 Å². The summed E-state index contributed by atoms with van der Waals surface area (Å²) in [5, 5.41) is 0. The molecule has 1 aromatic heterocycles. The molecule has 0 spiro atoms. The van der Waals surface area contributed by atoms with Crippen molar-refractivity contribution in [2.24, 2.45) is 5.73 Å². The van der Waals surface area contributed by atoms with E-state index in [2.05, 4.69) is 14.5 Å². The molecular weight excluding hydrogens is 200 g/mol. The number of nitrogens with two attached hydrogens (primary N) is 1. The molecule has 2 rings (SSSR count). The van der Waals surface area contributed by atoms with Gasteiger partial charge in [0.2, 0.25) is 0 Å². The van der Waals surface area contributed by atoms with Gasteiger partial charge in [-0.1, -0.05) is 0 Å². The van der Waals surface area contributed by atoms with Crippen molar-refractivity contribution in [1.82, 2.24) is 14.5 Å². The summed E-state index contributed by atoms with van der Waals surface area (Å²) >= 11 is 0. The number of aryl methyl sites for hydroxylation is 1. The van der Waals surface area contributed by atoms with Crippen LogP contribution < -0.4 is 5.73 Å². The van der Waals surface area contributed by atoms with Gasteiger partial charge >= 0.3 is 0 Å². The lowest BCUT2D eigenvalue weighted by molar-refractivity contribution is 0.324. The minimum atomic E-state index is 0.0780. The van der Waals surface area contributed by atoms with Crippen LogP contribution in [-0.4, -0.2) is 34.1 Å². The number of hydrogen-bond acceptors (Lipinski definition) is 3. The van der Waals surface area contributed by atoms with Crippen LogP contribution >= 0.6 is 0 Å². The molecule has 0 radical (unpaired) electrons. The first-order chi connectivity index (χ1) is 7.77. The summed E-state index contributed by atoms with van der Waals surface area (Å²) in [5.41, 5.74) is 7.02. The molecule has 0 saturated carbocycles. The van der Waals surface area contributed by atoms with E-state index in [1.807, 2.05) is 19.4 Å². The lowest BCUT2D eigenvalue weighted by Crippen LogP contribution is -2.22. The summed E-state index contributed by atoms with van der Waals surface area (Å²) in [6.07, 6.45) is 7.70. The minimum Gasteiger partial charge on any atom is -0.333 e. The van der Waals surface area contributed by atoms with Crippen molar-refractivity contribution in [3.63, 3.8) is 0 Å². The molecule has 1 aliphatic rings. The van der Waals surface area contributed by atoms with Crippen LogP contribution in [0.4, 0.5) is 0 Å². The molecule has 0 unspecified atom stereocenters. The van der Waals surface area contributed by atoms with Gasteiger partial charge in [-0.25, -0.2) is 4.98 Å². The standard InChI is InChI=1S/C12H22N4/c1-11(13)12-9-14-10-16(12)8-4-7-15-5-2-3-6-15/h9-11H,2-8,13H2,1H3/t11-/m1/s1. The molecule has 16 heavy (non-hydrogen) atoms. The lowest BCUT2D eigenvalue weighted by Gasteiger charge is -2.15. The Labute approximate surface area is 97.4 Å². The Morgan fingerprint density at radius 1 is 1.38 bits per heavy atom. The van der Waals surface area contributed by atoms with E-state index < -0.39 is 0 Å². The number of hydrogen-bond donors (Lipinski definition) is 1. The Morgan fingerprint density at radius 3 is 2.81 bits per heavy atom. The van der Waals surface area contributed by atoms with E-state index in [1.165, 1.54) is 38.9 Å². The van der Waals surface area contributed by atoms with Crippen LogP contribution in [0.2, 0.25) is 0 Å². The predicted molar refractivity (Wildman–Crippen MR) is 65.1 cm³/mol. The molecule has 90 valence electrons. The molecular formula is C12H22N4. The second kappa shape index (κ2) is 5.46. The number of nitrogens with zero attached hydrogens (tertiary/aromatic N) is 3. The first-order valence-corrected chi connectivity index (χ1v) is 6.25. The topological polar surface area (TPSA) is 47.1 Å². The Balaban J connectivity index is 1.78. The van der Waals surface area contributed by atoms with Gasteiger partial charge in [-0.15, -0.1) is 0 Å². The van der Waals surface area contributed by atoms with E-state index in [0.29, 0.717) is 0 Å². The first-order valence-electron chi connectivity index (χ1n) is 6.25. The van der Waals surface area contributed by atoms with Gasteiger partial charge in [-0.05, 0) is 45.8 Å². The van der Waals surface area contributed by atoms with E-state index >= 15 is 0 Å². The Bertz CT molecular complexity index is 313. The smallest absolute Gasteiger partial charge is 0.0948 e.